The Morgan fingerprint density at radius 2 is 0.471 bits per heavy atom. The molecule has 0 saturated carbocycles. The van der Waals surface area contributed by atoms with Crippen LogP contribution in [0.5, 0.6) is 0 Å². The van der Waals surface area contributed by atoms with E-state index in [9.17, 15) is 93.5 Å². The fourth-order valence-electron chi connectivity index (χ4n) is 8.27. The van der Waals surface area contributed by atoms with Crippen LogP contribution in [0.15, 0.2) is 0 Å². The predicted octanol–water partition coefficient (Wildman–Crippen LogP) is 0.471. The summed E-state index contributed by atoms with van der Waals surface area (Å²) in [5.74, 6) is -1.92. The van der Waals surface area contributed by atoms with E-state index in [4.69, 9.17) is 17.0 Å². The monoisotopic (exact) mass is 1800 g/mol. The van der Waals surface area contributed by atoms with Crippen LogP contribution in [0.4, 0.5) is 0 Å². The molecule has 121 heavy (non-hydrogen) atoms. The van der Waals surface area contributed by atoms with Crippen LogP contribution in [0.25, 0.3) is 0 Å². The minimum absolute atomic E-state index is 0.000560. The van der Waals surface area contributed by atoms with E-state index in [0.29, 0.717) is 110 Å². The molecule has 0 bridgehead atoms. The number of methoxy groups -OCH3 is 3. The third-order valence-corrected chi connectivity index (χ3v) is 16.5. The van der Waals surface area contributed by atoms with Gasteiger partial charge in [-0.15, -0.1) is 0 Å². The quantitative estimate of drug-likeness (QED) is 0.0170. The number of rotatable bonds is 58. The molecule has 0 aromatic heterocycles. The van der Waals surface area contributed by atoms with E-state index in [0.717, 1.165) is 154 Å². The van der Waals surface area contributed by atoms with Gasteiger partial charge in [0.25, 0.3) is 0 Å². The lowest BCUT2D eigenvalue weighted by Gasteiger charge is -2.06. The van der Waals surface area contributed by atoms with Crippen molar-refractivity contribution in [1.82, 2.24) is 89.2 Å². The minimum Gasteiger partial charge on any atom is -0.469 e. The zero-order valence-corrected chi connectivity index (χ0v) is 77.6. The number of unbranched alkanes of at least 4 members (excludes halogenated alkanes) is 11. The minimum atomic E-state index is -3.11. The topological polar surface area (TPSA) is 583 Å². The van der Waals surface area contributed by atoms with Gasteiger partial charge in [0.05, 0.1) is 66.1 Å². The Bertz CT molecular complexity index is 2970. The summed E-state index contributed by atoms with van der Waals surface area (Å²) in [7, 11) is 2.94. The second-order valence-electron chi connectivity index (χ2n) is 26.5. The second-order valence-corrected chi connectivity index (χ2v) is 30.6. The summed E-state index contributed by atoms with van der Waals surface area (Å²) >= 11 is 4.88. The van der Waals surface area contributed by atoms with Crippen LogP contribution in [0.2, 0.25) is 0 Å². The van der Waals surface area contributed by atoms with Crippen molar-refractivity contribution < 1.29 is 112 Å². The van der Waals surface area contributed by atoms with E-state index >= 15 is 0 Å². The maximum Gasteiger partial charge on any atom is 0.306 e. The van der Waals surface area contributed by atoms with Gasteiger partial charge < -0.3 is 98.7 Å². The molecule has 0 aliphatic heterocycles. The lowest BCUT2D eigenvalue weighted by Crippen LogP contribution is -2.33. The van der Waals surface area contributed by atoms with Crippen molar-refractivity contribution in [1.29, 1.82) is 0 Å². The SMILES string of the molecule is CC(=O)NCCCCNC(=O)CCCCCNS(C)(=O)=O.CC(=O)NCCCCNC(C)=O.CC(=O)NCCCCNS(C)(=O)=O.CNC(=O)CCC(=O)OC.CNC(=S)NCCCCNC(C)=O.CNCCCCCC(=O)NCCCCNC(C)=O.COC(=O)CCC(=O)NCCCCNC(C)=O.COC(=O)CCC(=O)OCCCCNC(C)=O. The van der Waals surface area contributed by atoms with Crippen molar-refractivity contribution in [2.45, 2.75) is 235 Å². The number of hydrogen-bond acceptors (Lipinski definition) is 26. The fraction of sp³-hybridized carbons (Fsp3) is 0.779. The van der Waals surface area contributed by atoms with E-state index in [1.165, 1.54) is 83.8 Å². The van der Waals surface area contributed by atoms with Crippen molar-refractivity contribution in [2.75, 3.05) is 160 Å². The zero-order chi connectivity index (χ0) is 93.8. The highest BCUT2D eigenvalue weighted by molar-refractivity contribution is 7.89. The van der Waals surface area contributed by atoms with Crippen molar-refractivity contribution >= 4 is 132 Å². The van der Waals surface area contributed by atoms with E-state index < -0.39 is 32.0 Å². The molecule has 41 nitrogen and oxygen atoms in total. The molecule has 0 aliphatic rings. The molecule has 0 aromatic rings. The van der Waals surface area contributed by atoms with Crippen LogP contribution in [0.1, 0.15) is 235 Å². The van der Waals surface area contributed by atoms with E-state index in [-0.39, 0.29) is 121 Å². The Balaban J connectivity index is -0.000000203. The molecule has 0 aromatic carbocycles. The molecule has 0 aliphatic carbocycles. The van der Waals surface area contributed by atoms with Crippen molar-refractivity contribution in [3.05, 3.63) is 0 Å². The second kappa shape index (κ2) is 94.8. The Labute approximate surface area is 725 Å². The molecule has 0 atom stereocenters. The van der Waals surface area contributed by atoms with Gasteiger partial charge in [0.15, 0.2) is 5.11 Å². The molecule has 0 fully saturated rings. The number of esters is 4. The zero-order valence-electron chi connectivity index (χ0n) is 75.1. The molecule has 0 rings (SSSR count). The van der Waals surface area contributed by atoms with Crippen molar-refractivity contribution in [2.24, 2.45) is 0 Å². The lowest BCUT2D eigenvalue weighted by atomic mass is 10.2. The maximum atomic E-state index is 11.5. The molecule has 0 unspecified atom stereocenters. The predicted molar refractivity (Wildman–Crippen MR) is 468 cm³/mol. The standard InChI is InChI=1S/C13H27N3O4S.C13H27N3O2.C11H20N2O4.C11H19NO5.C8H17N3OS.C8H16N2O2.C7H16N2O3S.C6H11NO3/c1-12(17)14-9-6-7-10-15-13(18)8-4-3-5-11-16-21(2,19)20;1-12(17)15-10-6-7-11-16-13(18)8-4-3-5-9-14-2;1-9(14)12-7-3-4-8-13-10(15)5-6-11(16)17-2;1-9(13)12-7-3-4-8-17-11(15)6-5-10(14)16-2;1-7(12)10-5-3-4-6-11-8(13)9-2;1-7(11)9-5-3-4-6-10-8(2)12;1-7(10)8-5-3-4-6-9-13(2,11)12;1-7-5(8)3-4-6(9)10-2/h16H,3-11H2,1-2H3,(H,14,17)(H,15,18);14H,3-11H2,1-2H3,(H,15,17)(H,16,18);3-8H2,1-2H3,(H,12,14)(H,13,15);3-8H2,1-2H3,(H,12,13);3-6H2,1-2H3,(H,10,12)(H2,9,11,13);3-6H2,1-2H3,(H,9,11)(H,10,12);9H,3-6H2,1-2H3,(H,8,10);3-4H2,1-2H3,(H,7,8). The summed E-state index contributed by atoms with van der Waals surface area (Å²) in [6.07, 6.45) is 21.3. The number of carbonyl (C=O) groups is 16. The van der Waals surface area contributed by atoms with Gasteiger partial charge in [-0.2, -0.15) is 0 Å². The highest BCUT2D eigenvalue weighted by Gasteiger charge is 2.10. The average Bonchev–Trinajstić information content (AvgIpc) is 0.868. The molecule has 0 saturated heterocycles. The average molecular weight is 1800 g/mol. The van der Waals surface area contributed by atoms with Gasteiger partial charge in [-0.1, -0.05) is 12.8 Å². The summed E-state index contributed by atoms with van der Waals surface area (Å²) < 4.78 is 65.6. The van der Waals surface area contributed by atoms with Gasteiger partial charge in [0.2, 0.25) is 90.9 Å². The molecular formula is C77H153N17O24S3. The number of thiocarbonyl (C=S) groups is 1. The summed E-state index contributed by atoms with van der Waals surface area (Å²) in [6, 6.07) is 0. The Hall–Kier alpha value is -9.01. The molecule has 17 N–H and O–H groups in total. The first-order valence-corrected chi connectivity index (χ1v) is 45.0. The van der Waals surface area contributed by atoms with Gasteiger partial charge in [-0.3, -0.25) is 76.7 Å². The summed E-state index contributed by atoms with van der Waals surface area (Å²) in [5.41, 5.74) is 0. The lowest BCUT2D eigenvalue weighted by molar-refractivity contribution is -0.149. The Kier molecular flexibility index (Phi) is 100.0. The molecule has 0 heterocycles. The van der Waals surface area contributed by atoms with Crippen LogP contribution in [-0.4, -0.2) is 276 Å². The normalized spacial score (nSPS) is 9.92. The first-order valence-electron chi connectivity index (χ1n) is 40.8. The molecule has 12 amide bonds. The number of amides is 12. The van der Waals surface area contributed by atoms with Gasteiger partial charge in [-0.05, 0) is 141 Å². The van der Waals surface area contributed by atoms with Gasteiger partial charge in [-0.25, -0.2) is 26.3 Å². The van der Waals surface area contributed by atoms with Gasteiger partial charge in [0.1, 0.15) is 0 Å². The Morgan fingerprint density at radius 1 is 0.248 bits per heavy atom. The summed E-state index contributed by atoms with van der Waals surface area (Å²) in [4.78, 5) is 172. The van der Waals surface area contributed by atoms with Crippen LogP contribution in [0, 0.1) is 0 Å². The van der Waals surface area contributed by atoms with Crippen molar-refractivity contribution in [3.63, 3.8) is 0 Å². The van der Waals surface area contributed by atoms with Crippen LogP contribution in [-0.2, 0) is 116 Å². The van der Waals surface area contributed by atoms with Gasteiger partial charge >= 0.3 is 23.9 Å². The first-order chi connectivity index (χ1) is 57.0. The van der Waals surface area contributed by atoms with Gasteiger partial charge in [0, 0.05) is 187 Å². The highest BCUT2D eigenvalue weighted by Crippen LogP contribution is 2.02. The number of carbonyl (C=O) groups excluding carboxylic acids is 16. The molecular weight excluding hydrogens is 1640 g/mol. The van der Waals surface area contributed by atoms with E-state index in [2.05, 4.69) is 103 Å². The van der Waals surface area contributed by atoms with E-state index in [1.807, 2.05) is 7.05 Å². The molecule has 44 heteroatoms. The first kappa shape index (κ1) is 128. The third-order valence-electron chi connectivity index (χ3n) is 14.7. The third kappa shape index (κ3) is 140. The van der Waals surface area contributed by atoms with Crippen LogP contribution < -0.4 is 89.2 Å². The molecule has 708 valence electrons. The Morgan fingerprint density at radius 3 is 0.727 bits per heavy atom. The maximum absolute atomic E-state index is 11.5. The highest BCUT2D eigenvalue weighted by atomic mass is 32.2. The number of nitrogens with one attached hydrogen (secondary N) is 17. The van der Waals surface area contributed by atoms with Crippen molar-refractivity contribution in [3.8, 4) is 0 Å². The fourth-order valence-corrected chi connectivity index (χ4v) is 9.40. The van der Waals surface area contributed by atoms with E-state index in [1.54, 1.807) is 7.05 Å². The molecule has 0 spiro atoms. The summed E-state index contributed by atoms with van der Waals surface area (Å²) in [6.45, 7) is 22.0. The summed E-state index contributed by atoms with van der Waals surface area (Å²) in [5, 5.41) is 41.9. The van der Waals surface area contributed by atoms with Crippen LogP contribution >= 0.6 is 12.2 Å². The number of ether oxygens (including phenoxy) is 4. The smallest absolute Gasteiger partial charge is 0.306 e. The molecule has 0 radical (unpaired) electrons. The number of hydrogen-bond donors (Lipinski definition) is 17. The number of sulfonamides is 2. The van der Waals surface area contributed by atoms with Crippen LogP contribution in [0.3, 0.4) is 0 Å². The largest absolute Gasteiger partial charge is 0.469 e.